The number of nitro groups is 1. The van der Waals surface area contributed by atoms with E-state index < -0.39 is 28.4 Å². The van der Waals surface area contributed by atoms with Crippen LogP contribution in [0.4, 0.5) is 5.69 Å². The summed E-state index contributed by atoms with van der Waals surface area (Å²) in [7, 11) is 1.53. The summed E-state index contributed by atoms with van der Waals surface area (Å²) in [5, 5.41) is 22.5. The zero-order valence-electron chi connectivity index (χ0n) is 22.4. The third kappa shape index (κ3) is 6.77. The first kappa shape index (κ1) is 28.8. The van der Waals surface area contributed by atoms with Crippen molar-refractivity contribution in [3.63, 3.8) is 0 Å². The van der Waals surface area contributed by atoms with Crippen LogP contribution in [0.5, 0.6) is 5.75 Å². The number of hydrogen-bond donors (Lipinski definition) is 1. The van der Waals surface area contributed by atoms with Crippen molar-refractivity contribution >= 4 is 23.1 Å². The summed E-state index contributed by atoms with van der Waals surface area (Å²) in [5.74, 6) is -1.39. The first-order valence-electron chi connectivity index (χ1n) is 13.2. The number of hydrogen-bond acceptors (Lipinski definition) is 7. The number of carbonyl (C=O) groups excluding carboxylic acids is 2. The number of ether oxygens (including phenoxy) is 1. The number of aliphatic hydroxyl groups is 1. The molecule has 38 heavy (non-hydrogen) atoms. The van der Waals surface area contributed by atoms with Crippen LogP contribution >= 0.6 is 0 Å². The quantitative estimate of drug-likeness (QED) is 0.117. The second kappa shape index (κ2) is 13.7. The van der Waals surface area contributed by atoms with Crippen molar-refractivity contribution < 1.29 is 24.4 Å². The minimum atomic E-state index is -0.843. The van der Waals surface area contributed by atoms with E-state index in [1.807, 2.05) is 0 Å². The van der Waals surface area contributed by atoms with Crippen LogP contribution in [0.1, 0.15) is 63.1 Å². The minimum absolute atomic E-state index is 0.0856. The molecule has 9 heteroatoms. The van der Waals surface area contributed by atoms with E-state index in [1.54, 1.807) is 24.3 Å². The van der Waals surface area contributed by atoms with Gasteiger partial charge in [-0.1, -0.05) is 51.0 Å². The second-order valence-corrected chi connectivity index (χ2v) is 9.48. The van der Waals surface area contributed by atoms with Gasteiger partial charge >= 0.3 is 0 Å². The fraction of sp³-hybridized carbons (Fsp3) is 0.448. The summed E-state index contributed by atoms with van der Waals surface area (Å²) in [6.45, 7) is 7.41. The Balaban J connectivity index is 1.98. The summed E-state index contributed by atoms with van der Waals surface area (Å²) in [6.07, 6.45) is 5.07. The molecule has 1 fully saturated rings. The van der Waals surface area contributed by atoms with E-state index in [-0.39, 0.29) is 16.8 Å². The lowest BCUT2D eigenvalue weighted by atomic mass is 9.95. The number of unbranched alkanes of at least 4 members (excludes halogenated alkanes) is 2. The molecule has 2 aromatic rings. The standard InChI is InChI=1S/C29H37N3O6/c1-4-6-15-30(16-7-5-2)17-10-18-31-26(21-11-9-14-24(20-21)38-3)25(28(34)29(31)35)27(33)22-12-8-13-23(19-22)32(36)37/h8-9,11-14,19-20,26,33H,4-7,10,15-18H2,1-3H3/t26-/m1/s1. The number of Topliss-reactive ketones (excluding diaryl/α,β-unsaturated/α-hetero) is 1. The molecule has 1 aliphatic heterocycles. The third-order valence-corrected chi connectivity index (χ3v) is 6.81. The van der Waals surface area contributed by atoms with Gasteiger partial charge < -0.3 is 19.6 Å². The highest BCUT2D eigenvalue weighted by Gasteiger charge is 2.46. The predicted octanol–water partition coefficient (Wildman–Crippen LogP) is 5.32. The molecule has 0 spiro atoms. The monoisotopic (exact) mass is 523 g/mol. The van der Waals surface area contributed by atoms with E-state index in [1.165, 1.54) is 36.3 Å². The fourth-order valence-corrected chi connectivity index (χ4v) is 4.75. The van der Waals surface area contributed by atoms with E-state index in [2.05, 4.69) is 18.7 Å². The van der Waals surface area contributed by atoms with Crippen molar-refractivity contribution in [2.75, 3.05) is 33.3 Å². The summed E-state index contributed by atoms with van der Waals surface area (Å²) >= 11 is 0. The number of nitrogens with zero attached hydrogens (tertiary/aromatic N) is 3. The molecule has 1 atom stereocenters. The number of benzene rings is 2. The van der Waals surface area contributed by atoms with E-state index >= 15 is 0 Å². The Kier molecular flexibility index (Phi) is 10.4. The summed E-state index contributed by atoms with van der Waals surface area (Å²) in [4.78, 5) is 41.2. The summed E-state index contributed by atoms with van der Waals surface area (Å²) < 4.78 is 5.36. The van der Waals surface area contributed by atoms with Crippen LogP contribution in [-0.2, 0) is 9.59 Å². The Labute approximate surface area is 223 Å². The molecule has 1 aliphatic rings. The van der Waals surface area contributed by atoms with Crippen LogP contribution in [0.25, 0.3) is 5.76 Å². The molecule has 1 amide bonds. The number of non-ortho nitro benzene ring substituents is 1. The van der Waals surface area contributed by atoms with Gasteiger partial charge in [0.15, 0.2) is 0 Å². The lowest BCUT2D eigenvalue weighted by Crippen LogP contribution is -2.34. The second-order valence-electron chi connectivity index (χ2n) is 9.48. The highest BCUT2D eigenvalue weighted by atomic mass is 16.6. The van der Waals surface area contributed by atoms with Crippen molar-refractivity contribution in [3.8, 4) is 5.75 Å². The van der Waals surface area contributed by atoms with Crippen molar-refractivity contribution in [2.24, 2.45) is 0 Å². The van der Waals surface area contributed by atoms with E-state index in [0.29, 0.717) is 24.3 Å². The molecule has 0 unspecified atom stereocenters. The van der Waals surface area contributed by atoms with Gasteiger partial charge in [0, 0.05) is 24.2 Å². The van der Waals surface area contributed by atoms with E-state index in [9.17, 15) is 24.8 Å². The molecule has 0 aliphatic carbocycles. The minimum Gasteiger partial charge on any atom is -0.507 e. The lowest BCUT2D eigenvalue weighted by Gasteiger charge is -2.27. The van der Waals surface area contributed by atoms with Gasteiger partial charge in [-0.25, -0.2) is 0 Å². The number of ketones is 1. The molecular formula is C29H37N3O6. The van der Waals surface area contributed by atoms with Crippen molar-refractivity contribution in [2.45, 2.75) is 52.0 Å². The van der Waals surface area contributed by atoms with E-state index in [4.69, 9.17) is 4.74 Å². The van der Waals surface area contributed by atoms with Gasteiger partial charge in [0.2, 0.25) is 0 Å². The number of nitro benzene ring substituents is 1. The van der Waals surface area contributed by atoms with Gasteiger partial charge in [0.1, 0.15) is 11.5 Å². The maximum atomic E-state index is 13.3. The first-order valence-corrected chi connectivity index (χ1v) is 13.2. The fourth-order valence-electron chi connectivity index (χ4n) is 4.75. The van der Waals surface area contributed by atoms with Crippen LogP contribution in [0.3, 0.4) is 0 Å². The van der Waals surface area contributed by atoms with Crippen LogP contribution in [0.2, 0.25) is 0 Å². The Bertz CT molecular complexity index is 1170. The van der Waals surface area contributed by atoms with Crippen LogP contribution in [-0.4, -0.2) is 64.8 Å². The molecule has 0 saturated carbocycles. The number of likely N-dealkylation sites (tertiary alicyclic amines) is 1. The lowest BCUT2D eigenvalue weighted by molar-refractivity contribution is -0.384. The molecule has 0 bridgehead atoms. The average molecular weight is 524 g/mol. The molecule has 3 rings (SSSR count). The number of amides is 1. The average Bonchev–Trinajstić information content (AvgIpc) is 3.18. The molecule has 1 N–H and O–H groups in total. The molecule has 9 nitrogen and oxygen atoms in total. The number of rotatable bonds is 14. The van der Waals surface area contributed by atoms with Gasteiger partial charge in [0.25, 0.3) is 17.4 Å². The van der Waals surface area contributed by atoms with Crippen LogP contribution < -0.4 is 4.74 Å². The van der Waals surface area contributed by atoms with Gasteiger partial charge in [-0.15, -0.1) is 0 Å². The topological polar surface area (TPSA) is 113 Å². The Morgan fingerprint density at radius 3 is 2.32 bits per heavy atom. The highest BCUT2D eigenvalue weighted by molar-refractivity contribution is 6.46. The van der Waals surface area contributed by atoms with Gasteiger partial charge in [-0.3, -0.25) is 19.7 Å². The Morgan fingerprint density at radius 2 is 1.68 bits per heavy atom. The van der Waals surface area contributed by atoms with Crippen LogP contribution in [0, 0.1) is 10.1 Å². The Morgan fingerprint density at radius 1 is 1.03 bits per heavy atom. The zero-order valence-corrected chi connectivity index (χ0v) is 22.4. The van der Waals surface area contributed by atoms with Crippen molar-refractivity contribution in [1.82, 2.24) is 9.80 Å². The molecular weight excluding hydrogens is 486 g/mol. The SMILES string of the molecule is CCCCN(CCCC)CCCN1C(=O)C(=O)C(=C(O)c2cccc([N+](=O)[O-])c2)[C@H]1c1cccc(OC)c1. The van der Waals surface area contributed by atoms with Crippen molar-refractivity contribution in [3.05, 3.63) is 75.3 Å². The molecule has 0 aromatic heterocycles. The maximum Gasteiger partial charge on any atom is 0.295 e. The highest BCUT2D eigenvalue weighted by Crippen LogP contribution is 2.40. The smallest absolute Gasteiger partial charge is 0.295 e. The number of aliphatic hydroxyl groups excluding tert-OH is 1. The predicted molar refractivity (Wildman–Crippen MR) is 146 cm³/mol. The third-order valence-electron chi connectivity index (χ3n) is 6.81. The molecule has 204 valence electrons. The number of methoxy groups -OCH3 is 1. The Hall–Kier alpha value is -3.72. The summed E-state index contributed by atoms with van der Waals surface area (Å²) in [5.41, 5.74) is 0.415. The molecule has 1 heterocycles. The normalized spacial score (nSPS) is 16.8. The number of carbonyl (C=O) groups is 2. The zero-order chi connectivity index (χ0) is 27.7. The van der Waals surface area contributed by atoms with E-state index in [0.717, 1.165) is 45.3 Å². The molecule has 0 radical (unpaired) electrons. The summed E-state index contributed by atoms with van der Waals surface area (Å²) in [6, 6.07) is 11.6. The molecule has 1 saturated heterocycles. The molecule has 2 aromatic carbocycles. The first-order chi connectivity index (χ1) is 18.3. The van der Waals surface area contributed by atoms with Crippen molar-refractivity contribution in [1.29, 1.82) is 0 Å². The van der Waals surface area contributed by atoms with Gasteiger partial charge in [0.05, 0.1) is 23.6 Å². The van der Waals surface area contributed by atoms with Crippen LogP contribution in [0.15, 0.2) is 54.1 Å². The van der Waals surface area contributed by atoms with Gasteiger partial charge in [-0.2, -0.15) is 0 Å². The maximum absolute atomic E-state index is 13.3. The largest absolute Gasteiger partial charge is 0.507 e. The van der Waals surface area contributed by atoms with Gasteiger partial charge in [-0.05, 0) is 56.6 Å².